The first-order valence-corrected chi connectivity index (χ1v) is 4.59. The monoisotopic (exact) mass is 215 g/mol. The standard InChI is InChI=1S/C6H11N2.C3H7NO3/c1-3-8-5-4-7(2)6-8;4-2(1-5)3(6)7/h4-6H,3H2,1-2H3;2,5H,1,4H2,(H,6,7)/q+1;/p-1. The van der Waals surface area contributed by atoms with Crippen molar-refractivity contribution in [3.05, 3.63) is 18.7 Å². The SMILES string of the molecule is CCn1cc[n+](C)c1.NC(CO)C(=O)[O-]. The fraction of sp³-hybridized carbons (Fsp3) is 0.556. The lowest BCUT2D eigenvalue weighted by atomic mass is 10.3. The van der Waals surface area contributed by atoms with Gasteiger partial charge in [-0.3, -0.25) is 0 Å². The van der Waals surface area contributed by atoms with Gasteiger partial charge in [0.2, 0.25) is 6.33 Å². The third-order valence-electron chi connectivity index (χ3n) is 1.69. The van der Waals surface area contributed by atoms with Crippen molar-refractivity contribution in [1.82, 2.24) is 4.57 Å². The molecular formula is C9H17N3O3. The van der Waals surface area contributed by atoms with E-state index in [1.54, 1.807) is 0 Å². The van der Waals surface area contributed by atoms with Crippen molar-refractivity contribution in [1.29, 1.82) is 0 Å². The van der Waals surface area contributed by atoms with Gasteiger partial charge >= 0.3 is 0 Å². The number of aliphatic hydroxyl groups is 1. The summed E-state index contributed by atoms with van der Waals surface area (Å²) in [5.41, 5.74) is 4.70. The van der Waals surface area contributed by atoms with Crippen molar-refractivity contribution in [3.8, 4) is 0 Å². The molecule has 1 aromatic rings. The number of hydrogen-bond acceptors (Lipinski definition) is 4. The van der Waals surface area contributed by atoms with Crippen LogP contribution in [-0.2, 0) is 18.4 Å². The highest BCUT2D eigenvalue weighted by atomic mass is 16.4. The Hall–Kier alpha value is -1.40. The van der Waals surface area contributed by atoms with Gasteiger partial charge in [0.1, 0.15) is 12.4 Å². The zero-order valence-electron chi connectivity index (χ0n) is 8.96. The van der Waals surface area contributed by atoms with Crippen LogP contribution in [0.4, 0.5) is 0 Å². The topological polar surface area (TPSA) is 95.2 Å². The molecule has 0 saturated heterocycles. The summed E-state index contributed by atoms with van der Waals surface area (Å²) in [4.78, 5) is 9.53. The van der Waals surface area contributed by atoms with E-state index in [0.717, 1.165) is 6.54 Å². The van der Waals surface area contributed by atoms with Gasteiger partial charge < -0.3 is 20.7 Å². The number of rotatable bonds is 3. The second-order valence-electron chi connectivity index (χ2n) is 3.02. The fourth-order valence-corrected chi connectivity index (χ4v) is 0.763. The van der Waals surface area contributed by atoms with E-state index in [1.807, 2.05) is 17.8 Å². The molecule has 6 heteroatoms. The van der Waals surface area contributed by atoms with Crippen molar-refractivity contribution in [2.45, 2.75) is 19.5 Å². The van der Waals surface area contributed by atoms with Crippen LogP contribution in [0.3, 0.4) is 0 Å². The van der Waals surface area contributed by atoms with Crippen LogP contribution in [0.15, 0.2) is 18.7 Å². The maximum atomic E-state index is 9.53. The van der Waals surface area contributed by atoms with Gasteiger partial charge in [-0.1, -0.05) is 0 Å². The number of imidazole rings is 1. The van der Waals surface area contributed by atoms with E-state index >= 15 is 0 Å². The minimum Gasteiger partial charge on any atom is -0.548 e. The molecule has 0 amide bonds. The van der Waals surface area contributed by atoms with E-state index in [2.05, 4.69) is 24.0 Å². The zero-order chi connectivity index (χ0) is 11.8. The number of aliphatic hydroxyl groups excluding tert-OH is 1. The molecule has 0 radical (unpaired) electrons. The first-order chi connectivity index (χ1) is 7.01. The second-order valence-corrected chi connectivity index (χ2v) is 3.02. The molecule has 0 spiro atoms. The Kier molecular flexibility index (Phi) is 6.32. The highest BCUT2D eigenvalue weighted by Gasteiger charge is 1.96. The van der Waals surface area contributed by atoms with Gasteiger partial charge in [-0.2, -0.15) is 0 Å². The van der Waals surface area contributed by atoms with E-state index < -0.39 is 18.6 Å². The molecule has 1 heterocycles. The van der Waals surface area contributed by atoms with Crippen molar-refractivity contribution in [3.63, 3.8) is 0 Å². The number of aryl methyl sites for hydroxylation is 2. The number of carbonyl (C=O) groups is 1. The second kappa shape index (κ2) is 6.97. The third kappa shape index (κ3) is 5.82. The molecule has 15 heavy (non-hydrogen) atoms. The largest absolute Gasteiger partial charge is 0.548 e. The molecule has 1 aromatic heterocycles. The lowest BCUT2D eigenvalue weighted by molar-refractivity contribution is -0.671. The number of carboxylic acids is 1. The normalized spacial score (nSPS) is 11.5. The van der Waals surface area contributed by atoms with Crippen LogP contribution in [0.5, 0.6) is 0 Å². The summed E-state index contributed by atoms with van der Waals surface area (Å²) < 4.78 is 4.16. The minimum absolute atomic E-state index is 0.567. The molecule has 1 rings (SSSR count). The van der Waals surface area contributed by atoms with Crippen LogP contribution in [0.25, 0.3) is 0 Å². The molecule has 1 atom stereocenters. The summed E-state index contributed by atoms with van der Waals surface area (Å²) in [6, 6.07) is -1.24. The Morgan fingerprint density at radius 1 is 1.73 bits per heavy atom. The Balaban J connectivity index is 0.000000265. The Morgan fingerprint density at radius 2 is 2.33 bits per heavy atom. The number of hydrogen-bond donors (Lipinski definition) is 2. The molecule has 86 valence electrons. The van der Waals surface area contributed by atoms with Crippen LogP contribution in [0, 0.1) is 0 Å². The molecule has 0 bridgehead atoms. The van der Waals surface area contributed by atoms with Crippen molar-refractivity contribution < 1.29 is 19.6 Å². The molecule has 3 N–H and O–H groups in total. The molecule has 0 aliphatic rings. The lowest BCUT2D eigenvalue weighted by Gasteiger charge is -2.06. The highest BCUT2D eigenvalue weighted by molar-refractivity contribution is 5.70. The van der Waals surface area contributed by atoms with Crippen LogP contribution in [-0.4, -0.2) is 28.3 Å². The average molecular weight is 215 g/mol. The smallest absolute Gasteiger partial charge is 0.243 e. The zero-order valence-corrected chi connectivity index (χ0v) is 8.96. The first-order valence-electron chi connectivity index (χ1n) is 4.59. The van der Waals surface area contributed by atoms with Crippen LogP contribution < -0.4 is 15.4 Å². The summed E-state index contributed by atoms with van der Waals surface area (Å²) in [6.07, 6.45) is 6.14. The fourth-order valence-electron chi connectivity index (χ4n) is 0.763. The van der Waals surface area contributed by atoms with Crippen LogP contribution in [0.2, 0.25) is 0 Å². The molecule has 0 aromatic carbocycles. The van der Waals surface area contributed by atoms with E-state index in [4.69, 9.17) is 10.8 Å². The van der Waals surface area contributed by atoms with Gasteiger partial charge in [0, 0.05) is 0 Å². The molecule has 0 aliphatic heterocycles. The predicted molar refractivity (Wildman–Crippen MR) is 51.4 cm³/mol. The number of aliphatic carboxylic acids is 1. The van der Waals surface area contributed by atoms with E-state index in [-0.39, 0.29) is 0 Å². The number of carbonyl (C=O) groups excluding carboxylic acids is 1. The van der Waals surface area contributed by atoms with Crippen molar-refractivity contribution >= 4 is 5.97 Å². The number of nitrogens with two attached hydrogens (primary N) is 1. The van der Waals surface area contributed by atoms with Crippen LogP contribution >= 0.6 is 0 Å². The maximum absolute atomic E-state index is 9.53. The highest BCUT2D eigenvalue weighted by Crippen LogP contribution is 1.79. The Morgan fingerprint density at radius 3 is 2.47 bits per heavy atom. The van der Waals surface area contributed by atoms with E-state index in [9.17, 15) is 9.90 Å². The summed E-state index contributed by atoms with van der Waals surface area (Å²) in [5.74, 6) is -1.43. The van der Waals surface area contributed by atoms with Gasteiger partial charge in [-0.15, -0.1) is 0 Å². The number of aromatic nitrogens is 2. The van der Waals surface area contributed by atoms with Crippen LogP contribution in [0.1, 0.15) is 6.92 Å². The predicted octanol–water partition coefficient (Wildman–Crippen LogP) is -2.61. The lowest BCUT2D eigenvalue weighted by Crippen LogP contribution is -2.44. The Labute approximate surface area is 88.6 Å². The van der Waals surface area contributed by atoms with Gasteiger partial charge in [-0.25, -0.2) is 9.13 Å². The number of carboxylic acid groups (broad SMARTS) is 1. The van der Waals surface area contributed by atoms with Gasteiger partial charge in [0.05, 0.1) is 32.2 Å². The summed E-state index contributed by atoms with van der Waals surface area (Å²) in [6.45, 7) is 2.61. The van der Waals surface area contributed by atoms with Gasteiger partial charge in [0.15, 0.2) is 0 Å². The molecule has 1 unspecified atom stereocenters. The van der Waals surface area contributed by atoms with Crippen molar-refractivity contribution in [2.75, 3.05) is 6.61 Å². The Bertz CT molecular complexity index is 299. The van der Waals surface area contributed by atoms with Crippen molar-refractivity contribution in [2.24, 2.45) is 12.8 Å². The summed E-state index contributed by atoms with van der Waals surface area (Å²) in [5, 5.41) is 17.5. The quantitative estimate of drug-likeness (QED) is 0.540. The molecule has 0 fully saturated rings. The average Bonchev–Trinajstić information content (AvgIpc) is 2.63. The minimum atomic E-state index is -1.43. The molecule has 0 saturated carbocycles. The van der Waals surface area contributed by atoms with E-state index in [0.29, 0.717) is 0 Å². The molecule has 6 nitrogen and oxygen atoms in total. The summed E-state index contributed by atoms with van der Waals surface area (Å²) in [7, 11) is 2.02. The molecular weight excluding hydrogens is 198 g/mol. The number of nitrogens with zero attached hydrogens (tertiary/aromatic N) is 2. The maximum Gasteiger partial charge on any atom is 0.243 e. The summed E-state index contributed by atoms with van der Waals surface area (Å²) >= 11 is 0. The molecule has 0 aliphatic carbocycles. The van der Waals surface area contributed by atoms with E-state index in [1.165, 1.54) is 0 Å². The third-order valence-corrected chi connectivity index (χ3v) is 1.69. The van der Waals surface area contributed by atoms with Gasteiger partial charge in [-0.05, 0) is 6.92 Å². The van der Waals surface area contributed by atoms with Gasteiger partial charge in [0.25, 0.3) is 0 Å². The first kappa shape index (κ1) is 13.6.